The van der Waals surface area contributed by atoms with Gasteiger partial charge in [-0.2, -0.15) is 4.98 Å². The first kappa shape index (κ1) is 24.9. The number of fused-ring (bicyclic) bond motifs is 2. The number of hydrogen-bond acceptors (Lipinski definition) is 7. The molecule has 202 valence electrons. The van der Waals surface area contributed by atoms with Crippen LogP contribution in [0.4, 0.5) is 23.5 Å². The first-order valence-electron chi connectivity index (χ1n) is 12.4. The van der Waals surface area contributed by atoms with E-state index < -0.39 is 24.5 Å². The van der Waals surface area contributed by atoms with E-state index in [2.05, 4.69) is 20.4 Å². The van der Waals surface area contributed by atoms with Gasteiger partial charge in [-0.1, -0.05) is 6.07 Å². The zero-order chi connectivity index (χ0) is 26.6. The Morgan fingerprint density at radius 3 is 2.74 bits per heavy atom. The number of halogens is 4. The molecule has 1 N–H and O–H groups in total. The number of methoxy groups -OCH3 is 1. The Morgan fingerprint density at radius 2 is 2.05 bits per heavy atom. The number of anilines is 1. The number of piperidine rings is 1. The Labute approximate surface area is 215 Å². The third kappa shape index (κ3) is 4.13. The van der Waals surface area contributed by atoms with Crippen LogP contribution in [0.3, 0.4) is 0 Å². The average Bonchev–Trinajstić information content (AvgIpc) is 3.34. The van der Waals surface area contributed by atoms with Crippen molar-refractivity contribution in [1.82, 2.24) is 29.0 Å². The molecule has 13 heteroatoms. The minimum absolute atomic E-state index is 0.0227. The van der Waals surface area contributed by atoms with Crippen molar-refractivity contribution in [3.8, 4) is 17.0 Å². The number of hydrogen-bond donors (Lipinski definition) is 1. The van der Waals surface area contributed by atoms with Crippen molar-refractivity contribution in [1.29, 1.82) is 0 Å². The van der Waals surface area contributed by atoms with Gasteiger partial charge in [0.1, 0.15) is 18.0 Å². The third-order valence-electron chi connectivity index (χ3n) is 7.35. The normalized spacial score (nSPS) is 20.2. The molecule has 2 aliphatic heterocycles. The van der Waals surface area contributed by atoms with Gasteiger partial charge in [-0.3, -0.25) is 4.90 Å². The number of alkyl halides is 3. The quantitative estimate of drug-likeness (QED) is 0.363. The Morgan fingerprint density at radius 1 is 1.24 bits per heavy atom. The van der Waals surface area contributed by atoms with E-state index in [0.717, 1.165) is 6.20 Å². The minimum atomic E-state index is -3.03. The number of nitrogens with one attached hydrogen (secondary N) is 1. The molecule has 1 unspecified atom stereocenters. The molecule has 3 aromatic heterocycles. The summed E-state index contributed by atoms with van der Waals surface area (Å²) in [5, 5.41) is 7.04. The molecule has 2 saturated heterocycles. The van der Waals surface area contributed by atoms with Gasteiger partial charge in [0.25, 0.3) is 5.92 Å². The lowest BCUT2D eigenvalue weighted by atomic mass is 9.98. The molecule has 0 spiro atoms. The smallest absolute Gasteiger partial charge is 0.280 e. The molecule has 5 heterocycles. The van der Waals surface area contributed by atoms with E-state index in [-0.39, 0.29) is 48.5 Å². The number of ether oxygens (including phenoxy) is 2. The molecule has 9 nitrogen and oxygen atoms in total. The van der Waals surface area contributed by atoms with Crippen LogP contribution < -0.4 is 10.1 Å². The molecule has 4 aromatic rings. The summed E-state index contributed by atoms with van der Waals surface area (Å²) in [5.74, 6) is -3.03. The van der Waals surface area contributed by atoms with Gasteiger partial charge in [0.15, 0.2) is 5.82 Å². The van der Waals surface area contributed by atoms with Crippen molar-refractivity contribution < 1.29 is 27.0 Å². The molecule has 0 aliphatic carbocycles. The summed E-state index contributed by atoms with van der Waals surface area (Å²) in [5.41, 5.74) is 2.25. The number of aromatic nitrogens is 5. The summed E-state index contributed by atoms with van der Waals surface area (Å²) in [4.78, 5) is 10.5. The first-order valence-corrected chi connectivity index (χ1v) is 12.4. The van der Waals surface area contributed by atoms with Gasteiger partial charge >= 0.3 is 0 Å². The van der Waals surface area contributed by atoms with Gasteiger partial charge in [0, 0.05) is 6.54 Å². The molecule has 0 radical (unpaired) electrons. The lowest BCUT2D eigenvalue weighted by Gasteiger charge is -2.44. The van der Waals surface area contributed by atoms with E-state index in [1.165, 1.54) is 11.6 Å². The fraction of sp³-hybridized carbons (Fsp3) is 0.480. The second-order valence-corrected chi connectivity index (χ2v) is 9.70. The van der Waals surface area contributed by atoms with Crippen molar-refractivity contribution in [3.05, 3.63) is 36.0 Å². The van der Waals surface area contributed by atoms with Crippen molar-refractivity contribution >= 4 is 22.5 Å². The number of rotatable bonds is 7. The topological polar surface area (TPSA) is 81.7 Å². The maximum atomic E-state index is 15.3. The molecule has 2 aliphatic rings. The monoisotopic (exact) mass is 533 g/mol. The average molecular weight is 534 g/mol. The zero-order valence-electron chi connectivity index (χ0n) is 20.9. The summed E-state index contributed by atoms with van der Waals surface area (Å²) in [6.07, 6.45) is 1.34. The molecular weight excluding hydrogens is 506 g/mol. The first-order chi connectivity index (χ1) is 18.3. The highest BCUT2D eigenvalue weighted by atomic mass is 19.3. The van der Waals surface area contributed by atoms with Crippen LogP contribution in [0, 0.1) is 12.7 Å². The second kappa shape index (κ2) is 9.38. The number of likely N-dealkylation sites (tertiary alicyclic amines) is 1. The van der Waals surface area contributed by atoms with E-state index in [0.29, 0.717) is 42.2 Å². The van der Waals surface area contributed by atoms with E-state index in [4.69, 9.17) is 9.47 Å². The van der Waals surface area contributed by atoms with Crippen molar-refractivity contribution in [3.63, 3.8) is 0 Å². The van der Waals surface area contributed by atoms with E-state index in [9.17, 15) is 13.2 Å². The Kier molecular flexibility index (Phi) is 6.14. The van der Waals surface area contributed by atoms with E-state index >= 15 is 4.39 Å². The molecule has 38 heavy (non-hydrogen) atoms. The lowest BCUT2D eigenvalue weighted by molar-refractivity contribution is -0.131. The van der Waals surface area contributed by atoms with Gasteiger partial charge in [0.05, 0.1) is 68.3 Å². The second-order valence-electron chi connectivity index (χ2n) is 9.70. The van der Waals surface area contributed by atoms with E-state index in [1.807, 2.05) is 0 Å². The van der Waals surface area contributed by atoms with Gasteiger partial charge in [0.2, 0.25) is 11.8 Å². The van der Waals surface area contributed by atoms with Crippen LogP contribution in [-0.4, -0.2) is 87.1 Å². The third-order valence-corrected chi connectivity index (χ3v) is 7.35. The van der Waals surface area contributed by atoms with Crippen molar-refractivity contribution in [2.75, 3.05) is 45.4 Å². The highest BCUT2D eigenvalue weighted by Gasteiger charge is 2.47. The maximum absolute atomic E-state index is 15.3. The Hall–Kier alpha value is -3.45. The number of benzene rings is 1. The van der Waals surface area contributed by atoms with Gasteiger partial charge in [-0.05, 0) is 31.0 Å². The van der Waals surface area contributed by atoms with Crippen LogP contribution >= 0.6 is 0 Å². The zero-order valence-corrected chi connectivity index (χ0v) is 20.9. The van der Waals surface area contributed by atoms with Crippen LogP contribution in [0.1, 0.15) is 12.2 Å². The van der Waals surface area contributed by atoms with Crippen LogP contribution in [0.5, 0.6) is 5.88 Å². The molecule has 1 aromatic carbocycles. The highest BCUT2D eigenvalue weighted by molar-refractivity contribution is 5.90. The number of aryl methyl sites for hydroxylation is 2. The predicted octanol–water partition coefficient (Wildman–Crippen LogP) is 3.69. The van der Waals surface area contributed by atoms with Gasteiger partial charge in [-0.25, -0.2) is 27.1 Å². The van der Waals surface area contributed by atoms with Crippen molar-refractivity contribution in [2.45, 2.75) is 37.9 Å². The summed E-state index contributed by atoms with van der Waals surface area (Å²) in [6.45, 7) is 2.39. The summed E-state index contributed by atoms with van der Waals surface area (Å²) < 4.78 is 72.0. The van der Waals surface area contributed by atoms with Crippen LogP contribution in [0.25, 0.3) is 27.7 Å². The van der Waals surface area contributed by atoms with Crippen LogP contribution in [-0.2, 0) is 11.3 Å². The molecule has 6 rings (SSSR count). The molecule has 1 atom stereocenters. The Bertz CT molecular complexity index is 1500. The molecule has 0 saturated carbocycles. The Balaban J connectivity index is 1.34. The van der Waals surface area contributed by atoms with Crippen LogP contribution in [0.2, 0.25) is 0 Å². The molecule has 0 amide bonds. The SMILES string of the molecule is COc1nc(NC2CCN(C3COC3)CC2(F)F)nn2cc(F)c(-c3ccc4nc(C)n(CCF)c4c3)c12. The van der Waals surface area contributed by atoms with E-state index in [1.54, 1.807) is 34.6 Å². The largest absolute Gasteiger partial charge is 0.479 e. The standard InChI is InChI=1S/C25H27F4N7O2/c1-14-30-18-4-3-15(9-19(18)35(14)8-6-26)21-17(27)10-36-22(21)23(37-2)32-24(33-36)31-20-5-7-34(13-25(20,28)29)16-11-38-12-16/h3-4,9-10,16,20H,5-8,11-13H2,1-2H3,(H,31,33). The lowest BCUT2D eigenvalue weighted by Crippen LogP contribution is -2.61. The minimum Gasteiger partial charge on any atom is -0.479 e. The number of nitrogens with zero attached hydrogens (tertiary/aromatic N) is 6. The highest BCUT2D eigenvalue weighted by Crippen LogP contribution is 2.37. The molecule has 2 fully saturated rings. The molecule has 0 bridgehead atoms. The fourth-order valence-electron chi connectivity index (χ4n) is 5.31. The fourth-order valence-corrected chi connectivity index (χ4v) is 5.31. The summed E-state index contributed by atoms with van der Waals surface area (Å²) in [6, 6.07) is 4.01. The summed E-state index contributed by atoms with van der Waals surface area (Å²) >= 11 is 0. The summed E-state index contributed by atoms with van der Waals surface area (Å²) in [7, 11) is 1.37. The van der Waals surface area contributed by atoms with Crippen LogP contribution in [0.15, 0.2) is 24.4 Å². The predicted molar refractivity (Wildman–Crippen MR) is 132 cm³/mol. The maximum Gasteiger partial charge on any atom is 0.280 e. The molecular formula is C25H27F4N7O2. The van der Waals surface area contributed by atoms with Gasteiger partial charge < -0.3 is 19.4 Å². The number of imidazole rings is 1. The van der Waals surface area contributed by atoms with Crippen molar-refractivity contribution in [2.24, 2.45) is 0 Å². The van der Waals surface area contributed by atoms with Gasteiger partial charge in [-0.15, -0.1) is 5.10 Å².